The molecule has 0 radical (unpaired) electrons. The number of nitrogens with zero attached hydrogens (tertiary/aromatic N) is 4. The maximum absolute atomic E-state index is 13.3. The molecule has 3 atom stereocenters. The largest absolute Gasteiger partial charge is 0.322 e. The predicted molar refractivity (Wildman–Crippen MR) is 118 cm³/mol. The summed E-state index contributed by atoms with van der Waals surface area (Å²) in [6.07, 6.45) is 2.38. The number of quaternary nitrogens is 1. The van der Waals surface area contributed by atoms with Crippen LogP contribution in [0.4, 0.5) is 0 Å². The highest BCUT2D eigenvalue weighted by molar-refractivity contribution is 5.83. The number of H-pyrrole nitrogens is 1. The molecule has 2 N–H and O–H groups in total. The number of rotatable bonds is 3. The van der Waals surface area contributed by atoms with Gasteiger partial charge in [-0.1, -0.05) is 18.6 Å². The summed E-state index contributed by atoms with van der Waals surface area (Å²) >= 11 is 0. The summed E-state index contributed by atoms with van der Waals surface area (Å²) in [5, 5.41) is 13.8. The molecule has 1 unspecified atom stereocenters. The van der Waals surface area contributed by atoms with Crippen LogP contribution < -0.4 is 10.5 Å². The Morgan fingerprint density at radius 2 is 2.00 bits per heavy atom. The van der Waals surface area contributed by atoms with Crippen molar-refractivity contribution in [2.75, 3.05) is 13.1 Å². The Kier molecular flexibility index (Phi) is 5.26. The summed E-state index contributed by atoms with van der Waals surface area (Å²) < 4.78 is 1.88. The molecule has 3 heterocycles. The molecule has 30 heavy (non-hydrogen) atoms. The summed E-state index contributed by atoms with van der Waals surface area (Å²) in [7, 11) is 0. The molecule has 160 valence electrons. The van der Waals surface area contributed by atoms with Crippen LogP contribution in [-0.4, -0.2) is 38.3 Å². The second kappa shape index (κ2) is 7.61. The topological polar surface area (TPSA) is 80.9 Å². The van der Waals surface area contributed by atoms with Crippen LogP contribution in [0.1, 0.15) is 69.1 Å². The van der Waals surface area contributed by atoms with Crippen molar-refractivity contribution in [3.8, 4) is 0 Å². The van der Waals surface area contributed by atoms with Gasteiger partial charge < -0.3 is 9.88 Å². The van der Waals surface area contributed by atoms with Crippen molar-refractivity contribution >= 4 is 10.9 Å². The number of tetrazole rings is 1. The Hall–Kier alpha value is -2.54. The summed E-state index contributed by atoms with van der Waals surface area (Å²) in [5.74, 6) is 1.38. The fourth-order valence-corrected chi connectivity index (χ4v) is 4.90. The zero-order chi connectivity index (χ0) is 21.6. The minimum absolute atomic E-state index is 0.0476. The monoisotopic (exact) mass is 409 g/mol. The third kappa shape index (κ3) is 3.78. The van der Waals surface area contributed by atoms with E-state index in [1.807, 2.05) is 11.6 Å². The SMILES string of the molecule is Cc1cc(C)c2[nH]c(=O)c([C@@H](c3nnnn3C(C)(C)C)[NH+]3CCC[C@H](C)C3)cc2c1. The molecule has 0 amide bonds. The van der Waals surface area contributed by atoms with Gasteiger partial charge in [-0.3, -0.25) is 4.79 Å². The molecule has 0 bridgehead atoms. The van der Waals surface area contributed by atoms with Gasteiger partial charge in [0, 0.05) is 5.92 Å². The van der Waals surface area contributed by atoms with Crippen molar-refractivity contribution < 1.29 is 4.90 Å². The highest BCUT2D eigenvalue weighted by atomic mass is 16.1. The standard InChI is InChI=1S/C23H32N6O/c1-14-8-7-9-28(13-14)20(21-25-26-27-29(21)23(4,5)6)18-12-17-11-15(2)10-16(3)19(17)24-22(18)30/h10-12,14,20H,7-9,13H2,1-6H3,(H,24,30)/p+1/t14-,20-/m0/s1. The summed E-state index contributed by atoms with van der Waals surface area (Å²) in [5.41, 5.74) is 3.61. The lowest BCUT2D eigenvalue weighted by atomic mass is 9.94. The number of nitrogens with one attached hydrogen (secondary N) is 2. The van der Waals surface area contributed by atoms with Gasteiger partial charge in [0.15, 0.2) is 6.04 Å². The number of aromatic amines is 1. The average molecular weight is 410 g/mol. The minimum atomic E-state index is -0.269. The van der Waals surface area contributed by atoms with Gasteiger partial charge in [0.2, 0.25) is 5.82 Å². The van der Waals surface area contributed by atoms with E-state index in [0.717, 1.165) is 47.4 Å². The molecule has 1 aromatic carbocycles. The third-order valence-corrected chi connectivity index (χ3v) is 6.23. The molecule has 0 spiro atoms. The van der Waals surface area contributed by atoms with E-state index < -0.39 is 0 Å². The number of piperidine rings is 1. The van der Waals surface area contributed by atoms with E-state index in [1.54, 1.807) is 0 Å². The lowest BCUT2D eigenvalue weighted by molar-refractivity contribution is -0.934. The van der Waals surface area contributed by atoms with Crippen LogP contribution in [0, 0.1) is 19.8 Å². The van der Waals surface area contributed by atoms with Crippen LogP contribution in [0.15, 0.2) is 23.0 Å². The first-order valence-electron chi connectivity index (χ1n) is 10.9. The number of aromatic nitrogens is 5. The average Bonchev–Trinajstić information content (AvgIpc) is 3.13. The molecule has 7 heteroatoms. The Morgan fingerprint density at radius 1 is 1.23 bits per heavy atom. The summed E-state index contributed by atoms with van der Waals surface area (Å²) in [4.78, 5) is 17.9. The second-order valence-electron chi connectivity index (χ2n) is 10.0. The van der Waals surface area contributed by atoms with Crippen molar-refractivity contribution in [1.82, 2.24) is 25.2 Å². The Bertz CT molecular complexity index is 1120. The van der Waals surface area contributed by atoms with Crippen LogP contribution in [0.5, 0.6) is 0 Å². The third-order valence-electron chi connectivity index (χ3n) is 6.23. The molecular weight excluding hydrogens is 376 g/mol. The first-order valence-corrected chi connectivity index (χ1v) is 10.9. The van der Waals surface area contributed by atoms with E-state index >= 15 is 0 Å². The Balaban J connectivity index is 1.94. The summed E-state index contributed by atoms with van der Waals surface area (Å²) in [6.45, 7) is 14.7. The molecule has 1 aliphatic heterocycles. The maximum atomic E-state index is 13.3. The smallest absolute Gasteiger partial charge is 0.258 e. The summed E-state index contributed by atoms with van der Waals surface area (Å²) in [6, 6.07) is 6.11. The van der Waals surface area contributed by atoms with E-state index in [-0.39, 0.29) is 17.1 Å². The normalized spacial score (nSPS) is 21.1. The number of benzene rings is 1. The zero-order valence-electron chi connectivity index (χ0n) is 18.9. The van der Waals surface area contributed by atoms with E-state index in [0.29, 0.717) is 5.92 Å². The van der Waals surface area contributed by atoms with Crippen molar-refractivity contribution in [3.63, 3.8) is 0 Å². The van der Waals surface area contributed by atoms with E-state index in [1.165, 1.54) is 16.9 Å². The predicted octanol–water partition coefficient (Wildman–Crippen LogP) is 2.29. The number of hydrogen-bond acceptors (Lipinski definition) is 4. The van der Waals surface area contributed by atoms with Gasteiger partial charge in [0.05, 0.1) is 29.7 Å². The minimum Gasteiger partial charge on any atom is -0.322 e. The molecule has 1 fully saturated rings. The van der Waals surface area contributed by atoms with E-state index in [2.05, 4.69) is 73.3 Å². The van der Waals surface area contributed by atoms with E-state index in [4.69, 9.17) is 0 Å². The molecule has 3 aromatic rings. The number of hydrogen-bond donors (Lipinski definition) is 2. The fourth-order valence-electron chi connectivity index (χ4n) is 4.90. The van der Waals surface area contributed by atoms with Crippen LogP contribution in [0.2, 0.25) is 0 Å². The van der Waals surface area contributed by atoms with Crippen LogP contribution in [-0.2, 0) is 5.54 Å². The van der Waals surface area contributed by atoms with Crippen molar-refractivity contribution in [2.24, 2.45) is 5.92 Å². The van der Waals surface area contributed by atoms with Gasteiger partial charge in [-0.15, -0.1) is 5.10 Å². The van der Waals surface area contributed by atoms with Crippen molar-refractivity contribution in [3.05, 3.63) is 51.1 Å². The van der Waals surface area contributed by atoms with Gasteiger partial charge >= 0.3 is 0 Å². The van der Waals surface area contributed by atoms with Gasteiger partial charge in [-0.25, -0.2) is 4.68 Å². The number of aryl methyl sites for hydroxylation is 2. The quantitative estimate of drug-likeness (QED) is 0.696. The zero-order valence-corrected chi connectivity index (χ0v) is 18.9. The number of likely N-dealkylation sites (tertiary alicyclic amines) is 1. The molecule has 1 aliphatic rings. The first kappa shape index (κ1) is 20.7. The van der Waals surface area contributed by atoms with Gasteiger partial charge in [-0.05, 0) is 81.0 Å². The number of pyridine rings is 1. The lowest BCUT2D eigenvalue weighted by Crippen LogP contribution is -3.14. The second-order valence-corrected chi connectivity index (χ2v) is 10.0. The molecule has 4 rings (SSSR count). The Morgan fingerprint density at radius 3 is 2.70 bits per heavy atom. The molecule has 7 nitrogen and oxygen atoms in total. The van der Waals surface area contributed by atoms with Crippen molar-refractivity contribution in [2.45, 2.75) is 66.0 Å². The molecule has 2 aromatic heterocycles. The van der Waals surface area contributed by atoms with Gasteiger partial charge in [-0.2, -0.15) is 0 Å². The van der Waals surface area contributed by atoms with Crippen LogP contribution in [0.25, 0.3) is 10.9 Å². The Labute approximate surface area is 177 Å². The molecule has 0 saturated carbocycles. The molecule has 1 saturated heterocycles. The van der Waals surface area contributed by atoms with E-state index in [9.17, 15) is 4.79 Å². The first-order chi connectivity index (χ1) is 14.1. The van der Waals surface area contributed by atoms with Crippen LogP contribution in [0.3, 0.4) is 0 Å². The lowest BCUT2D eigenvalue weighted by Gasteiger charge is -2.34. The van der Waals surface area contributed by atoms with Gasteiger partial charge in [0.1, 0.15) is 0 Å². The van der Waals surface area contributed by atoms with Crippen molar-refractivity contribution in [1.29, 1.82) is 0 Å². The van der Waals surface area contributed by atoms with Gasteiger partial charge in [0.25, 0.3) is 5.56 Å². The van der Waals surface area contributed by atoms with Crippen LogP contribution >= 0.6 is 0 Å². The fraction of sp³-hybridized carbons (Fsp3) is 0.565. The molecule has 0 aliphatic carbocycles. The number of fused-ring (bicyclic) bond motifs is 1. The molecular formula is C23H33N6O+. The maximum Gasteiger partial charge on any atom is 0.258 e. The highest BCUT2D eigenvalue weighted by Gasteiger charge is 2.38. The highest BCUT2D eigenvalue weighted by Crippen LogP contribution is 2.25.